The predicted molar refractivity (Wildman–Crippen MR) is 126 cm³/mol. The monoisotopic (exact) mass is 542 g/mol. The van der Waals surface area contributed by atoms with Crippen LogP contribution in [0.5, 0.6) is 0 Å². The largest absolute Gasteiger partial charge is 0.375 e. The highest BCUT2D eigenvalue weighted by atomic mass is 32.2. The van der Waals surface area contributed by atoms with Crippen LogP contribution in [0.1, 0.15) is 6.42 Å². The lowest BCUT2D eigenvalue weighted by Gasteiger charge is -2.17. The first-order valence-electron chi connectivity index (χ1n) is 10.0. The average molecular weight is 543 g/mol. The van der Waals surface area contributed by atoms with Crippen LogP contribution in [0.25, 0.3) is 32.7 Å². The number of hydrogen-bond acceptors (Lipinski definition) is 10. The minimum atomic E-state index is -4.65. The Bertz CT molecular complexity index is 1590. The van der Waals surface area contributed by atoms with Gasteiger partial charge in [-0.1, -0.05) is 29.5 Å². The minimum Gasteiger partial charge on any atom is -0.375 e. The van der Waals surface area contributed by atoms with Crippen LogP contribution in [-0.2, 0) is 20.0 Å². The van der Waals surface area contributed by atoms with E-state index in [1.54, 1.807) is 18.2 Å². The number of H-pyrrole nitrogens is 1. The zero-order valence-electron chi connectivity index (χ0n) is 18.0. The summed E-state index contributed by atoms with van der Waals surface area (Å²) in [6.07, 6.45) is 0.101. The molecule has 2 heterocycles. The molecule has 4 rings (SSSR count). The molecule has 1 unspecified atom stereocenters. The van der Waals surface area contributed by atoms with Gasteiger partial charge >= 0.3 is 0 Å². The summed E-state index contributed by atoms with van der Waals surface area (Å²) in [7, 11) is -9.06. The van der Waals surface area contributed by atoms with E-state index in [1.165, 1.54) is 17.4 Å². The first-order chi connectivity index (χ1) is 16.5. The van der Waals surface area contributed by atoms with Gasteiger partial charge in [-0.05, 0) is 22.9 Å². The Labute approximate surface area is 203 Å². The molecular formula is C18H21FN9O4S3+. The molecular weight excluding hydrogens is 521 g/mol. The van der Waals surface area contributed by atoms with Gasteiger partial charge in [-0.15, -0.1) is 10.2 Å². The van der Waals surface area contributed by atoms with Crippen LogP contribution in [0.2, 0.25) is 0 Å². The molecule has 35 heavy (non-hydrogen) atoms. The van der Waals surface area contributed by atoms with E-state index in [-0.39, 0.29) is 29.9 Å². The quantitative estimate of drug-likeness (QED) is 0.185. The number of halogens is 1. The molecule has 4 aromatic rings. The molecule has 17 heteroatoms. The number of nitrogens with one attached hydrogen (secondary N) is 2. The lowest BCUT2D eigenvalue weighted by molar-refractivity contribution is -0.422. The number of benzene rings is 2. The number of rotatable bonds is 9. The fraction of sp³-hybridized carbons (Fsp3) is 0.222. The number of nitrogen functional groups attached to an aromatic ring is 1. The maximum Gasteiger partial charge on any atom is 0.241 e. The van der Waals surface area contributed by atoms with Crippen molar-refractivity contribution in [2.45, 2.75) is 22.3 Å². The van der Waals surface area contributed by atoms with E-state index >= 15 is 0 Å². The van der Waals surface area contributed by atoms with Crippen molar-refractivity contribution in [3.63, 3.8) is 0 Å². The van der Waals surface area contributed by atoms with Crippen molar-refractivity contribution in [3.8, 4) is 22.5 Å². The number of hydrogen-bond donors (Lipinski definition) is 5. The van der Waals surface area contributed by atoms with Crippen LogP contribution in [-0.4, -0.2) is 61.7 Å². The summed E-state index contributed by atoms with van der Waals surface area (Å²) < 4.78 is 67.5. The Morgan fingerprint density at radius 2 is 1.94 bits per heavy atom. The Hall–Kier alpha value is -3.09. The summed E-state index contributed by atoms with van der Waals surface area (Å²) in [6, 6.07) is 7.08. The van der Waals surface area contributed by atoms with Gasteiger partial charge in [0.1, 0.15) is 22.5 Å². The number of alkyl halides is 1. The maximum absolute atomic E-state index is 13.1. The number of nitrogens with zero attached hydrogens (tertiary/aromatic N) is 4. The van der Waals surface area contributed by atoms with Gasteiger partial charge in [0.15, 0.2) is 5.13 Å². The average Bonchev–Trinajstić information content (AvgIpc) is 3.46. The van der Waals surface area contributed by atoms with Crippen molar-refractivity contribution in [2.24, 2.45) is 5.14 Å². The third-order valence-electron chi connectivity index (χ3n) is 5.05. The fourth-order valence-electron chi connectivity index (χ4n) is 3.51. The van der Waals surface area contributed by atoms with Gasteiger partial charge in [-0.25, -0.2) is 36.1 Å². The number of fused-ring (bicyclic) bond motifs is 1. The molecule has 0 saturated heterocycles. The number of thiazole rings is 1. The summed E-state index contributed by atoms with van der Waals surface area (Å²) in [6.45, 7) is -0.894. The number of tetrazole rings is 1. The molecule has 0 fully saturated rings. The van der Waals surface area contributed by atoms with Crippen molar-refractivity contribution in [1.29, 1.82) is 0 Å². The number of primary sulfonamides is 1. The van der Waals surface area contributed by atoms with Gasteiger partial charge in [-0.2, -0.15) is 5.21 Å². The first-order valence-corrected chi connectivity index (χ1v) is 13.8. The van der Waals surface area contributed by atoms with Crippen LogP contribution < -0.4 is 21.3 Å². The fourth-order valence-corrected chi connectivity index (χ4v) is 6.92. The smallest absolute Gasteiger partial charge is 0.241 e. The van der Waals surface area contributed by atoms with Crippen LogP contribution in [0.15, 0.2) is 40.1 Å². The van der Waals surface area contributed by atoms with E-state index in [0.717, 1.165) is 10.8 Å². The molecule has 0 aliphatic rings. The standard InChI is InChI=1S/C18H20FN9O4S3/c19-8-9(20)6-7-23-35(31,32)13-5-4-10(11-2-1-3-12-15(11)24-18(21)33-12)14(16(13)34(22,29)30)17-25-27-28-26-17/h1-5,9,23H,6-8,20H2,(H2,21,24)(H2,22,29,30)(H,25,26,27,28)/p+1. The van der Waals surface area contributed by atoms with Crippen LogP contribution in [0, 0.1) is 0 Å². The predicted octanol–water partition coefficient (Wildman–Crippen LogP) is -0.379. The van der Waals surface area contributed by atoms with Crippen LogP contribution in [0.4, 0.5) is 9.52 Å². The number of aromatic amines is 1. The second kappa shape index (κ2) is 9.51. The van der Waals surface area contributed by atoms with Gasteiger partial charge in [-0.3, -0.25) is 0 Å². The molecule has 186 valence electrons. The van der Waals surface area contributed by atoms with E-state index in [9.17, 15) is 21.2 Å². The minimum absolute atomic E-state index is 0.101. The number of quaternary nitrogens is 1. The van der Waals surface area contributed by atoms with Gasteiger partial charge < -0.3 is 11.5 Å². The SMILES string of the molecule is Nc1nc2c(-c3ccc(S(=O)(=O)NCCC([NH3+])CF)c(S(N)(=O)=O)c3-c3nn[nH]n3)cccc2s1. The van der Waals surface area contributed by atoms with Crippen LogP contribution >= 0.6 is 11.3 Å². The molecule has 2 aromatic heterocycles. The molecule has 0 bridgehead atoms. The van der Waals surface area contributed by atoms with E-state index in [0.29, 0.717) is 16.2 Å². The molecule has 13 nitrogen and oxygen atoms in total. The van der Waals surface area contributed by atoms with Crippen molar-refractivity contribution >= 4 is 46.7 Å². The Balaban J connectivity index is 1.99. The molecule has 0 aliphatic carbocycles. The van der Waals surface area contributed by atoms with Crippen molar-refractivity contribution in [3.05, 3.63) is 30.3 Å². The zero-order valence-corrected chi connectivity index (χ0v) is 20.4. The highest BCUT2D eigenvalue weighted by Crippen LogP contribution is 2.41. The summed E-state index contributed by atoms with van der Waals surface area (Å²) >= 11 is 1.23. The maximum atomic E-state index is 13.1. The van der Waals surface area contributed by atoms with Crippen molar-refractivity contribution in [1.82, 2.24) is 30.3 Å². The van der Waals surface area contributed by atoms with Crippen LogP contribution in [0.3, 0.4) is 0 Å². The second-order valence-corrected chi connectivity index (χ2v) is 11.8. The van der Waals surface area contributed by atoms with E-state index in [4.69, 9.17) is 10.9 Å². The van der Waals surface area contributed by atoms with E-state index < -0.39 is 42.6 Å². The molecule has 1 atom stereocenters. The van der Waals surface area contributed by atoms with Gasteiger partial charge in [0.25, 0.3) is 0 Å². The topological polar surface area (TPSA) is 227 Å². The number of anilines is 1. The number of aromatic nitrogens is 5. The van der Waals surface area contributed by atoms with Crippen molar-refractivity contribution in [2.75, 3.05) is 19.0 Å². The van der Waals surface area contributed by atoms with E-state index in [1.807, 2.05) is 0 Å². The molecule has 0 radical (unpaired) electrons. The Morgan fingerprint density at radius 1 is 1.17 bits per heavy atom. The highest BCUT2D eigenvalue weighted by molar-refractivity contribution is 7.92. The lowest BCUT2D eigenvalue weighted by Crippen LogP contribution is -2.62. The third-order valence-corrected chi connectivity index (χ3v) is 8.53. The second-order valence-electron chi connectivity index (χ2n) is 7.51. The molecule has 2 aromatic carbocycles. The van der Waals surface area contributed by atoms with Gasteiger partial charge in [0, 0.05) is 18.5 Å². The molecule has 0 spiro atoms. The van der Waals surface area contributed by atoms with Gasteiger partial charge in [0.2, 0.25) is 25.9 Å². The molecule has 0 aliphatic heterocycles. The molecule has 9 N–H and O–H groups in total. The first kappa shape index (κ1) is 25.0. The lowest BCUT2D eigenvalue weighted by atomic mass is 9.98. The number of nitrogens with two attached hydrogens (primary N) is 2. The third kappa shape index (κ3) is 5.00. The summed E-state index contributed by atoms with van der Waals surface area (Å²) in [5.41, 5.74) is 10.4. The van der Waals surface area contributed by atoms with E-state index in [2.05, 4.69) is 36.1 Å². The summed E-state index contributed by atoms with van der Waals surface area (Å²) in [5, 5.41) is 19.3. The highest BCUT2D eigenvalue weighted by Gasteiger charge is 2.32. The molecule has 0 amide bonds. The normalized spacial score (nSPS) is 13.3. The molecule has 0 saturated carbocycles. The summed E-state index contributed by atoms with van der Waals surface area (Å²) in [4.78, 5) is 2.99. The number of sulfonamides is 2. The Morgan fingerprint density at radius 3 is 2.60 bits per heavy atom. The summed E-state index contributed by atoms with van der Waals surface area (Å²) in [5.74, 6) is -0.198. The Kier molecular flexibility index (Phi) is 6.80. The van der Waals surface area contributed by atoms with Gasteiger partial charge in [0.05, 0.1) is 15.8 Å². The zero-order chi connectivity index (χ0) is 25.4. The van der Waals surface area contributed by atoms with Crippen molar-refractivity contribution < 1.29 is 27.0 Å². The number of para-hydroxylation sites is 1.